The molecule has 0 spiro atoms. The lowest BCUT2D eigenvalue weighted by Crippen LogP contribution is -2.29. The molecule has 0 aliphatic heterocycles. The molecule has 1 aromatic carbocycles. The maximum Gasteiger partial charge on any atom is 0.434 e. The summed E-state index contributed by atoms with van der Waals surface area (Å²) in [7, 11) is 1.45. The van der Waals surface area contributed by atoms with E-state index in [1.165, 1.54) is 17.7 Å². The van der Waals surface area contributed by atoms with Crippen LogP contribution in [0.1, 0.15) is 53.7 Å². The maximum absolute atomic E-state index is 14.4. The number of rotatable bonds is 4. The number of nitrogens with one attached hydrogen (secondary N) is 1. The van der Waals surface area contributed by atoms with Gasteiger partial charge >= 0.3 is 12.3 Å². The number of hydrogen-bond acceptors (Lipinski definition) is 6. The van der Waals surface area contributed by atoms with Gasteiger partial charge < -0.3 is 19.6 Å². The Labute approximate surface area is 215 Å². The predicted octanol–water partition coefficient (Wildman–Crippen LogP) is 6.17. The molecule has 12 heteroatoms. The zero-order valence-corrected chi connectivity index (χ0v) is 21.9. The number of pyridine rings is 1. The molecule has 0 saturated carbocycles. The standard InChI is InChI=1S/C26H27F3N4O5/c1-11-8-9-15(36-7)13(3)18(11)33-19-16(17(22(30)34)23(33)32-24(35)38-25(4,5)6)21(26(27,28)29)31-14-10-12(2)37-20(14)19/h8-10H,1-7H3,(H2,30,34)(H,32,35). The molecule has 3 N–H and O–H groups in total. The fourth-order valence-electron chi connectivity index (χ4n) is 4.52. The van der Waals surface area contributed by atoms with Crippen molar-refractivity contribution in [2.75, 3.05) is 12.4 Å². The second kappa shape index (κ2) is 8.96. The van der Waals surface area contributed by atoms with Crippen molar-refractivity contribution >= 4 is 39.8 Å². The van der Waals surface area contributed by atoms with Gasteiger partial charge in [0, 0.05) is 17.0 Å². The number of alkyl halides is 3. The van der Waals surface area contributed by atoms with Crippen molar-refractivity contribution in [2.24, 2.45) is 5.73 Å². The zero-order chi connectivity index (χ0) is 28.3. The second-order valence-corrected chi connectivity index (χ2v) is 9.86. The first-order valence-corrected chi connectivity index (χ1v) is 11.5. The molecule has 0 atom stereocenters. The van der Waals surface area contributed by atoms with Crippen molar-refractivity contribution in [3.05, 3.63) is 46.3 Å². The quantitative estimate of drug-likeness (QED) is 0.324. The van der Waals surface area contributed by atoms with Crippen LogP contribution < -0.4 is 15.8 Å². The molecule has 3 aromatic heterocycles. The van der Waals surface area contributed by atoms with Gasteiger partial charge in [0.05, 0.1) is 18.4 Å². The Bertz CT molecular complexity index is 1610. The first-order chi connectivity index (χ1) is 17.5. The number of amides is 2. The van der Waals surface area contributed by atoms with Crippen molar-refractivity contribution in [2.45, 2.75) is 53.3 Å². The number of hydrogen-bond donors (Lipinski definition) is 2. The number of aryl methyl sites for hydroxylation is 2. The highest BCUT2D eigenvalue weighted by Crippen LogP contribution is 2.45. The molecule has 4 aromatic rings. The fourth-order valence-corrected chi connectivity index (χ4v) is 4.52. The molecule has 0 saturated heterocycles. The first kappa shape index (κ1) is 26.8. The highest BCUT2D eigenvalue weighted by atomic mass is 19.4. The number of halogens is 3. The predicted molar refractivity (Wildman–Crippen MR) is 135 cm³/mol. The average molecular weight is 533 g/mol. The average Bonchev–Trinajstić information content (AvgIpc) is 3.28. The molecular weight excluding hydrogens is 505 g/mol. The molecule has 0 aliphatic carbocycles. The van der Waals surface area contributed by atoms with Gasteiger partial charge in [-0.25, -0.2) is 9.78 Å². The number of carbonyl (C=O) groups is 2. The van der Waals surface area contributed by atoms with Gasteiger partial charge in [-0.05, 0) is 53.2 Å². The second-order valence-electron chi connectivity index (χ2n) is 9.86. The highest BCUT2D eigenvalue weighted by molar-refractivity contribution is 6.19. The largest absolute Gasteiger partial charge is 0.496 e. The monoisotopic (exact) mass is 532 g/mol. The van der Waals surface area contributed by atoms with Gasteiger partial charge in [0.2, 0.25) is 0 Å². The number of fused-ring (bicyclic) bond motifs is 3. The van der Waals surface area contributed by atoms with E-state index in [0.29, 0.717) is 28.3 Å². The molecule has 202 valence electrons. The summed E-state index contributed by atoms with van der Waals surface area (Å²) in [5.74, 6) is -0.821. The number of primary amides is 1. The molecule has 3 heterocycles. The Kier molecular flexibility index (Phi) is 6.33. The summed E-state index contributed by atoms with van der Waals surface area (Å²) in [6.07, 6.45) is -5.98. The summed E-state index contributed by atoms with van der Waals surface area (Å²) in [5.41, 5.74) is 4.01. The van der Waals surface area contributed by atoms with Crippen LogP contribution >= 0.6 is 0 Å². The smallest absolute Gasteiger partial charge is 0.434 e. The number of carbonyl (C=O) groups excluding carboxylic acids is 2. The van der Waals surface area contributed by atoms with Crippen molar-refractivity contribution in [1.82, 2.24) is 9.55 Å². The third-order valence-electron chi connectivity index (χ3n) is 5.85. The molecule has 4 rings (SSSR count). The molecule has 38 heavy (non-hydrogen) atoms. The van der Waals surface area contributed by atoms with Crippen LogP contribution in [0.25, 0.3) is 27.7 Å². The molecule has 2 amide bonds. The van der Waals surface area contributed by atoms with Crippen molar-refractivity contribution < 1.29 is 36.7 Å². The van der Waals surface area contributed by atoms with Gasteiger partial charge in [-0.3, -0.25) is 14.7 Å². The SMILES string of the molecule is COc1ccc(C)c(-n2c(NC(=O)OC(C)(C)C)c(C(N)=O)c3c(C(F)(F)F)nc4cc(C)oc4c32)c1C. The molecule has 0 unspecified atom stereocenters. The van der Waals surface area contributed by atoms with Crippen LogP contribution in [0, 0.1) is 20.8 Å². The summed E-state index contributed by atoms with van der Waals surface area (Å²) in [4.78, 5) is 29.5. The van der Waals surface area contributed by atoms with Crippen molar-refractivity contribution in [1.29, 1.82) is 0 Å². The Morgan fingerprint density at radius 1 is 1.13 bits per heavy atom. The number of ether oxygens (including phenoxy) is 2. The van der Waals surface area contributed by atoms with Crippen LogP contribution in [0.3, 0.4) is 0 Å². The fraction of sp³-hybridized carbons (Fsp3) is 0.346. The lowest BCUT2D eigenvalue weighted by atomic mass is 10.1. The minimum atomic E-state index is -4.98. The third kappa shape index (κ3) is 4.50. The number of nitrogens with two attached hydrogens (primary N) is 1. The van der Waals surface area contributed by atoms with Crippen LogP contribution in [0.5, 0.6) is 5.75 Å². The van der Waals surface area contributed by atoms with Gasteiger partial charge in [-0.1, -0.05) is 6.07 Å². The Morgan fingerprint density at radius 3 is 2.34 bits per heavy atom. The van der Waals surface area contributed by atoms with E-state index in [1.54, 1.807) is 53.7 Å². The zero-order valence-electron chi connectivity index (χ0n) is 21.9. The molecule has 0 fully saturated rings. The molecule has 0 bridgehead atoms. The third-order valence-corrected chi connectivity index (χ3v) is 5.85. The van der Waals surface area contributed by atoms with E-state index in [2.05, 4.69) is 10.3 Å². The summed E-state index contributed by atoms with van der Waals surface area (Å²) in [6, 6.07) is 4.76. The van der Waals surface area contributed by atoms with E-state index in [0.717, 1.165) is 0 Å². The van der Waals surface area contributed by atoms with Crippen LogP contribution in [0.15, 0.2) is 22.6 Å². The van der Waals surface area contributed by atoms with E-state index in [1.807, 2.05) is 0 Å². The number of benzene rings is 1. The molecular formula is C26H27F3N4O5. The van der Waals surface area contributed by atoms with Crippen LogP contribution in [-0.2, 0) is 10.9 Å². The normalized spacial score (nSPS) is 12.3. The number of anilines is 1. The minimum absolute atomic E-state index is 0.0214. The molecule has 0 aliphatic rings. The van der Waals surface area contributed by atoms with Crippen LogP contribution in [-0.4, -0.2) is 34.3 Å². The number of aromatic nitrogens is 2. The van der Waals surface area contributed by atoms with Gasteiger partial charge in [-0.15, -0.1) is 0 Å². The number of furan rings is 1. The lowest BCUT2D eigenvalue weighted by Gasteiger charge is -2.22. The van der Waals surface area contributed by atoms with Gasteiger partial charge in [0.25, 0.3) is 5.91 Å². The Hall–Kier alpha value is -4.22. The molecule has 0 radical (unpaired) electrons. The van der Waals surface area contributed by atoms with E-state index in [9.17, 15) is 22.8 Å². The van der Waals surface area contributed by atoms with Gasteiger partial charge in [0.1, 0.15) is 34.0 Å². The van der Waals surface area contributed by atoms with Crippen LogP contribution in [0.4, 0.5) is 23.8 Å². The van der Waals surface area contributed by atoms with E-state index < -0.39 is 40.4 Å². The van der Waals surface area contributed by atoms with E-state index in [-0.39, 0.29) is 22.4 Å². The highest BCUT2D eigenvalue weighted by Gasteiger charge is 2.41. The summed E-state index contributed by atoms with van der Waals surface area (Å²) in [6.45, 7) is 9.85. The summed E-state index contributed by atoms with van der Waals surface area (Å²) < 4.78 is 61.2. The topological polar surface area (TPSA) is 122 Å². The summed E-state index contributed by atoms with van der Waals surface area (Å²) in [5, 5.41) is 1.86. The van der Waals surface area contributed by atoms with E-state index in [4.69, 9.17) is 19.6 Å². The van der Waals surface area contributed by atoms with Crippen molar-refractivity contribution in [3.63, 3.8) is 0 Å². The lowest BCUT2D eigenvalue weighted by molar-refractivity contribution is -0.139. The summed E-state index contributed by atoms with van der Waals surface area (Å²) >= 11 is 0. The van der Waals surface area contributed by atoms with Gasteiger partial charge in [-0.2, -0.15) is 13.2 Å². The Balaban J connectivity index is 2.30. The number of nitrogens with zero attached hydrogens (tertiary/aromatic N) is 2. The maximum atomic E-state index is 14.4. The Morgan fingerprint density at radius 2 is 1.79 bits per heavy atom. The molecule has 9 nitrogen and oxygen atoms in total. The first-order valence-electron chi connectivity index (χ1n) is 11.5. The minimum Gasteiger partial charge on any atom is -0.496 e. The van der Waals surface area contributed by atoms with Crippen LogP contribution in [0.2, 0.25) is 0 Å². The number of methoxy groups -OCH3 is 1. The van der Waals surface area contributed by atoms with Crippen molar-refractivity contribution in [3.8, 4) is 11.4 Å². The van der Waals surface area contributed by atoms with Gasteiger partial charge in [0.15, 0.2) is 11.3 Å². The van der Waals surface area contributed by atoms with E-state index >= 15 is 0 Å².